The first-order valence-corrected chi connectivity index (χ1v) is 9.54. The normalized spacial score (nSPS) is 24.0. The molecule has 7 heteroatoms. The van der Waals surface area contributed by atoms with Crippen molar-refractivity contribution in [1.82, 2.24) is 15.1 Å². The number of likely N-dealkylation sites (tertiary alicyclic amines) is 1. The molecule has 0 aromatic rings. The summed E-state index contributed by atoms with van der Waals surface area (Å²) in [5.74, 6) is 1.43. The lowest BCUT2D eigenvalue weighted by Crippen LogP contribution is -2.52. The van der Waals surface area contributed by atoms with Crippen LogP contribution in [0.1, 0.15) is 32.6 Å². The molecule has 0 radical (unpaired) electrons. The lowest BCUT2D eigenvalue weighted by Gasteiger charge is -2.42. The molecule has 2 atom stereocenters. The Balaban J connectivity index is 1.92. The predicted molar refractivity (Wildman–Crippen MR) is 98.8 cm³/mol. The predicted octanol–water partition coefficient (Wildman–Crippen LogP) is 0.948. The maximum atomic E-state index is 11.9. The first kappa shape index (κ1) is 20.0. The molecule has 25 heavy (non-hydrogen) atoms. The third-order valence-electron chi connectivity index (χ3n) is 4.83. The highest BCUT2D eigenvalue weighted by Crippen LogP contribution is 2.28. The van der Waals surface area contributed by atoms with E-state index < -0.39 is 0 Å². The van der Waals surface area contributed by atoms with Crippen molar-refractivity contribution in [2.45, 2.75) is 38.7 Å². The number of piperidine rings is 1. The summed E-state index contributed by atoms with van der Waals surface area (Å²) in [6.07, 6.45) is 4.72. The van der Waals surface area contributed by atoms with E-state index in [1.807, 2.05) is 6.92 Å². The number of carbonyl (C=O) groups excluding carboxylic acids is 1. The first-order chi connectivity index (χ1) is 12.1. The summed E-state index contributed by atoms with van der Waals surface area (Å²) in [4.78, 5) is 20.4. The van der Waals surface area contributed by atoms with Crippen LogP contribution in [-0.4, -0.2) is 87.9 Å². The van der Waals surface area contributed by atoms with Crippen LogP contribution in [-0.2, 0) is 14.3 Å². The maximum absolute atomic E-state index is 11.9. The number of rotatable bonds is 7. The molecule has 1 N–H and O–H groups in total. The molecule has 2 fully saturated rings. The maximum Gasteiger partial charge on any atom is 0.243 e. The number of carbonyl (C=O) groups is 1. The van der Waals surface area contributed by atoms with E-state index in [4.69, 9.17) is 9.47 Å². The van der Waals surface area contributed by atoms with Crippen LogP contribution in [0.25, 0.3) is 0 Å². The molecule has 0 saturated carbocycles. The Bertz CT molecular complexity index is 442. The number of nitrogens with zero attached hydrogens (tertiary/aromatic N) is 3. The van der Waals surface area contributed by atoms with Gasteiger partial charge in [0.15, 0.2) is 5.96 Å². The summed E-state index contributed by atoms with van der Waals surface area (Å²) in [5, 5.41) is 3.42. The van der Waals surface area contributed by atoms with Gasteiger partial charge in [-0.15, -0.1) is 0 Å². The van der Waals surface area contributed by atoms with E-state index >= 15 is 0 Å². The van der Waals surface area contributed by atoms with Gasteiger partial charge in [-0.05, 0) is 32.6 Å². The number of likely N-dealkylation sites (N-methyl/N-ethyl adjacent to an activating group) is 1. The van der Waals surface area contributed by atoms with E-state index in [9.17, 15) is 4.79 Å². The summed E-state index contributed by atoms with van der Waals surface area (Å²) in [5.41, 5.74) is 0. The Labute approximate surface area is 151 Å². The SMILES string of the molecule is CCOCCCNC(=NCC(=O)N(C)C)N1CCC2OCCCC2C1. The van der Waals surface area contributed by atoms with Crippen LogP contribution in [0.15, 0.2) is 4.99 Å². The second-order valence-corrected chi connectivity index (χ2v) is 6.95. The second-order valence-electron chi connectivity index (χ2n) is 6.95. The van der Waals surface area contributed by atoms with Gasteiger partial charge in [0.25, 0.3) is 0 Å². The number of guanidine groups is 1. The van der Waals surface area contributed by atoms with Crippen molar-refractivity contribution < 1.29 is 14.3 Å². The zero-order valence-electron chi connectivity index (χ0n) is 16.0. The highest BCUT2D eigenvalue weighted by molar-refractivity contribution is 5.84. The summed E-state index contributed by atoms with van der Waals surface area (Å²) >= 11 is 0. The van der Waals surface area contributed by atoms with Crippen LogP contribution in [0.3, 0.4) is 0 Å². The minimum absolute atomic E-state index is 0.0181. The van der Waals surface area contributed by atoms with E-state index in [2.05, 4.69) is 15.2 Å². The summed E-state index contributed by atoms with van der Waals surface area (Å²) in [6.45, 7) is 7.25. The smallest absolute Gasteiger partial charge is 0.243 e. The van der Waals surface area contributed by atoms with Crippen molar-refractivity contribution in [3.63, 3.8) is 0 Å². The minimum Gasteiger partial charge on any atom is -0.382 e. The average molecular weight is 354 g/mol. The first-order valence-electron chi connectivity index (χ1n) is 9.54. The molecule has 1 amide bonds. The van der Waals surface area contributed by atoms with Crippen molar-refractivity contribution >= 4 is 11.9 Å². The van der Waals surface area contributed by atoms with E-state index in [1.165, 1.54) is 6.42 Å². The number of hydrogen-bond acceptors (Lipinski definition) is 4. The van der Waals surface area contributed by atoms with Gasteiger partial charge in [-0.25, -0.2) is 4.99 Å². The topological polar surface area (TPSA) is 66.4 Å². The monoisotopic (exact) mass is 354 g/mol. The number of amides is 1. The number of nitrogens with one attached hydrogen (secondary N) is 1. The third-order valence-corrected chi connectivity index (χ3v) is 4.83. The number of aliphatic imine (C=N–C) groups is 1. The molecule has 0 spiro atoms. The molecule has 2 rings (SSSR count). The number of ether oxygens (including phenoxy) is 2. The van der Waals surface area contributed by atoms with E-state index in [0.29, 0.717) is 12.0 Å². The van der Waals surface area contributed by atoms with Gasteiger partial charge < -0.3 is 24.6 Å². The van der Waals surface area contributed by atoms with Gasteiger partial charge in [-0.1, -0.05) is 0 Å². The van der Waals surface area contributed by atoms with Crippen molar-refractivity contribution in [2.75, 3.05) is 60.1 Å². The lowest BCUT2D eigenvalue weighted by atomic mass is 9.88. The van der Waals surface area contributed by atoms with Gasteiger partial charge in [0.2, 0.25) is 5.91 Å². The van der Waals surface area contributed by atoms with Gasteiger partial charge in [-0.3, -0.25) is 4.79 Å². The van der Waals surface area contributed by atoms with Gasteiger partial charge in [0.1, 0.15) is 6.54 Å². The van der Waals surface area contributed by atoms with Crippen LogP contribution >= 0.6 is 0 Å². The van der Waals surface area contributed by atoms with Gasteiger partial charge >= 0.3 is 0 Å². The highest BCUT2D eigenvalue weighted by atomic mass is 16.5. The van der Waals surface area contributed by atoms with Crippen LogP contribution in [0, 0.1) is 5.92 Å². The summed E-state index contributed by atoms with van der Waals surface area (Å²) in [7, 11) is 3.52. The Morgan fingerprint density at radius 2 is 2.24 bits per heavy atom. The van der Waals surface area contributed by atoms with Crippen LogP contribution < -0.4 is 5.32 Å². The number of hydrogen-bond donors (Lipinski definition) is 1. The molecule has 2 heterocycles. The lowest BCUT2D eigenvalue weighted by molar-refractivity contribution is -0.127. The fourth-order valence-electron chi connectivity index (χ4n) is 3.35. The quantitative estimate of drug-likeness (QED) is 0.419. The molecule has 0 aliphatic carbocycles. The third kappa shape index (κ3) is 6.47. The second kappa shape index (κ2) is 10.6. The zero-order valence-corrected chi connectivity index (χ0v) is 16.0. The van der Waals surface area contributed by atoms with E-state index in [1.54, 1.807) is 19.0 Å². The molecule has 2 unspecified atom stereocenters. The largest absolute Gasteiger partial charge is 0.382 e. The van der Waals surface area contributed by atoms with Crippen molar-refractivity contribution in [3.05, 3.63) is 0 Å². The summed E-state index contributed by atoms with van der Waals surface area (Å²) < 4.78 is 11.3. The molecule has 0 bridgehead atoms. The highest BCUT2D eigenvalue weighted by Gasteiger charge is 2.33. The number of fused-ring (bicyclic) bond motifs is 1. The minimum atomic E-state index is 0.0181. The van der Waals surface area contributed by atoms with Crippen molar-refractivity contribution in [2.24, 2.45) is 10.9 Å². The average Bonchev–Trinajstić information content (AvgIpc) is 2.63. The van der Waals surface area contributed by atoms with Crippen LogP contribution in [0.5, 0.6) is 0 Å². The molecule has 144 valence electrons. The fraction of sp³-hybridized carbons (Fsp3) is 0.889. The van der Waals surface area contributed by atoms with Crippen molar-refractivity contribution in [1.29, 1.82) is 0 Å². The van der Waals surface area contributed by atoms with Crippen molar-refractivity contribution in [3.8, 4) is 0 Å². The van der Waals surface area contributed by atoms with Gasteiger partial charge in [0, 0.05) is 59.5 Å². The Morgan fingerprint density at radius 3 is 3.00 bits per heavy atom. The van der Waals surface area contributed by atoms with Crippen LogP contribution in [0.2, 0.25) is 0 Å². The molecule has 2 saturated heterocycles. The van der Waals surface area contributed by atoms with Gasteiger partial charge in [-0.2, -0.15) is 0 Å². The molecule has 7 nitrogen and oxygen atoms in total. The molecular weight excluding hydrogens is 320 g/mol. The molecule has 0 aromatic heterocycles. The molecular formula is C18H34N4O3. The summed E-state index contributed by atoms with van der Waals surface area (Å²) in [6, 6.07) is 0. The standard InChI is InChI=1S/C18H34N4O3/c1-4-24-11-6-9-19-18(20-13-17(23)21(2)3)22-10-8-16-15(14-22)7-5-12-25-16/h15-16H,4-14H2,1-3H3,(H,19,20). The molecule has 0 aromatic carbocycles. The van der Waals surface area contributed by atoms with E-state index in [0.717, 1.165) is 64.7 Å². The van der Waals surface area contributed by atoms with E-state index in [-0.39, 0.29) is 12.5 Å². The Hall–Kier alpha value is -1.34. The van der Waals surface area contributed by atoms with Crippen LogP contribution in [0.4, 0.5) is 0 Å². The van der Waals surface area contributed by atoms with Gasteiger partial charge in [0.05, 0.1) is 6.10 Å². The zero-order chi connectivity index (χ0) is 18.1. The molecule has 2 aliphatic rings. The Morgan fingerprint density at radius 1 is 1.40 bits per heavy atom. The fourth-order valence-corrected chi connectivity index (χ4v) is 3.35. The molecule has 2 aliphatic heterocycles. The Kier molecular flexibility index (Phi) is 8.48.